The summed E-state index contributed by atoms with van der Waals surface area (Å²) in [5, 5.41) is 0.455. The monoisotopic (exact) mass is 447 g/mol. The number of ether oxygens (including phenoxy) is 1. The molecule has 1 unspecified atom stereocenters. The van der Waals surface area contributed by atoms with Gasteiger partial charge in [-0.15, -0.1) is 0 Å². The number of amides is 3. The summed E-state index contributed by atoms with van der Waals surface area (Å²) in [5.74, 6) is 0.469. The smallest absolute Gasteiger partial charge is 0.258 e. The summed E-state index contributed by atoms with van der Waals surface area (Å²) < 4.78 is 5.33. The van der Waals surface area contributed by atoms with Crippen molar-refractivity contribution in [3.05, 3.63) is 28.8 Å². The van der Waals surface area contributed by atoms with Gasteiger partial charge in [-0.25, -0.2) is 0 Å². The van der Waals surface area contributed by atoms with Gasteiger partial charge in [-0.2, -0.15) is 0 Å². The normalized spacial score (nSPS) is 22.1. The Morgan fingerprint density at radius 2 is 1.58 bits per heavy atom. The van der Waals surface area contributed by atoms with E-state index >= 15 is 0 Å². The fraction of sp³-hybridized carbons (Fsp3) is 0.609. The Bertz CT molecular complexity index is 847. The molecule has 3 aliphatic rings. The molecule has 31 heavy (non-hydrogen) atoms. The van der Waals surface area contributed by atoms with Gasteiger partial charge in [0.15, 0.2) is 0 Å². The van der Waals surface area contributed by atoms with Crippen molar-refractivity contribution in [2.24, 2.45) is 5.92 Å². The lowest BCUT2D eigenvalue weighted by Gasteiger charge is -2.36. The molecule has 0 aromatic heterocycles. The van der Waals surface area contributed by atoms with Crippen molar-refractivity contribution in [2.45, 2.75) is 44.6 Å². The van der Waals surface area contributed by atoms with Crippen LogP contribution in [0.25, 0.3) is 0 Å². The van der Waals surface area contributed by atoms with Crippen molar-refractivity contribution in [2.75, 3.05) is 39.8 Å². The van der Waals surface area contributed by atoms with Gasteiger partial charge in [0.25, 0.3) is 5.91 Å². The van der Waals surface area contributed by atoms with Crippen LogP contribution in [0, 0.1) is 5.92 Å². The largest absolute Gasteiger partial charge is 0.496 e. The lowest BCUT2D eigenvalue weighted by Crippen LogP contribution is -2.51. The summed E-state index contributed by atoms with van der Waals surface area (Å²) in [5.41, 5.74) is 0.379. The van der Waals surface area contributed by atoms with Crippen molar-refractivity contribution < 1.29 is 19.1 Å². The van der Waals surface area contributed by atoms with E-state index < -0.39 is 6.04 Å². The Balaban J connectivity index is 1.40. The van der Waals surface area contributed by atoms with Crippen molar-refractivity contribution >= 4 is 29.3 Å². The molecule has 3 amide bonds. The Hall–Kier alpha value is -2.28. The summed E-state index contributed by atoms with van der Waals surface area (Å²) in [7, 11) is 1.51. The average Bonchev–Trinajstić information content (AvgIpc) is 3.50. The fourth-order valence-electron chi connectivity index (χ4n) is 5.02. The number of halogens is 1. The highest BCUT2D eigenvalue weighted by Crippen LogP contribution is 2.29. The number of carbonyl (C=O) groups excluding carboxylic acids is 3. The molecule has 0 bridgehead atoms. The number of hydrogen-bond donors (Lipinski definition) is 0. The molecule has 0 saturated carbocycles. The second-order valence-corrected chi connectivity index (χ2v) is 9.07. The van der Waals surface area contributed by atoms with Crippen LogP contribution in [-0.2, 0) is 9.59 Å². The maximum absolute atomic E-state index is 13.3. The van der Waals surface area contributed by atoms with Crippen molar-refractivity contribution in [3.8, 4) is 5.75 Å². The summed E-state index contributed by atoms with van der Waals surface area (Å²) in [4.78, 5) is 44.6. The molecule has 0 N–H and O–H groups in total. The Labute approximate surface area is 188 Å². The molecule has 0 spiro atoms. The average molecular weight is 448 g/mol. The van der Waals surface area contributed by atoms with Crippen molar-refractivity contribution in [1.29, 1.82) is 0 Å². The molecule has 3 saturated heterocycles. The van der Waals surface area contributed by atoms with Gasteiger partial charge in [0, 0.05) is 43.7 Å². The van der Waals surface area contributed by atoms with E-state index in [1.54, 1.807) is 23.1 Å². The summed E-state index contributed by atoms with van der Waals surface area (Å²) in [6, 6.07) is 4.47. The van der Waals surface area contributed by atoms with Crippen molar-refractivity contribution in [1.82, 2.24) is 14.7 Å². The zero-order chi connectivity index (χ0) is 22.0. The van der Waals surface area contributed by atoms with Crippen LogP contribution in [0.2, 0.25) is 5.02 Å². The zero-order valence-corrected chi connectivity index (χ0v) is 18.8. The SMILES string of the molecule is COc1ccc(Cl)cc1C(=O)N1CCCC1C(=O)N1CCC(C(=O)N2CCCC2)CC1. The van der Waals surface area contributed by atoms with E-state index in [0.717, 1.165) is 32.4 Å². The number of rotatable bonds is 4. The van der Waals surface area contributed by atoms with E-state index in [1.165, 1.54) is 7.11 Å². The van der Waals surface area contributed by atoms with Crippen LogP contribution >= 0.6 is 11.6 Å². The minimum absolute atomic E-state index is 0.0131. The van der Waals surface area contributed by atoms with Gasteiger partial charge in [-0.1, -0.05) is 11.6 Å². The van der Waals surface area contributed by atoms with E-state index in [0.29, 0.717) is 55.2 Å². The van der Waals surface area contributed by atoms with Crippen LogP contribution in [0.5, 0.6) is 5.75 Å². The maximum Gasteiger partial charge on any atom is 0.258 e. The molecule has 8 heteroatoms. The molecule has 1 aromatic carbocycles. The number of likely N-dealkylation sites (tertiary alicyclic amines) is 3. The number of piperidine rings is 1. The molecule has 168 valence electrons. The number of methoxy groups -OCH3 is 1. The molecule has 1 aromatic rings. The zero-order valence-electron chi connectivity index (χ0n) is 18.0. The quantitative estimate of drug-likeness (QED) is 0.711. The minimum atomic E-state index is -0.470. The highest BCUT2D eigenvalue weighted by Gasteiger charge is 2.39. The third-order valence-electron chi connectivity index (χ3n) is 6.76. The first-order valence-electron chi connectivity index (χ1n) is 11.2. The molecule has 3 heterocycles. The van der Waals surface area contributed by atoms with Gasteiger partial charge in [0.2, 0.25) is 11.8 Å². The first-order valence-corrected chi connectivity index (χ1v) is 11.6. The van der Waals surface area contributed by atoms with Gasteiger partial charge < -0.3 is 19.4 Å². The molecular formula is C23H30ClN3O4. The second-order valence-electron chi connectivity index (χ2n) is 8.63. The molecule has 3 aliphatic heterocycles. The number of hydrogen-bond acceptors (Lipinski definition) is 4. The highest BCUT2D eigenvalue weighted by molar-refractivity contribution is 6.31. The topological polar surface area (TPSA) is 70.2 Å². The summed E-state index contributed by atoms with van der Waals surface area (Å²) in [6.45, 7) is 3.41. The summed E-state index contributed by atoms with van der Waals surface area (Å²) >= 11 is 6.10. The Kier molecular flexibility index (Phi) is 6.70. The third kappa shape index (κ3) is 4.52. The van der Waals surface area contributed by atoms with Gasteiger partial charge in [-0.3, -0.25) is 14.4 Å². The van der Waals surface area contributed by atoms with E-state index in [-0.39, 0.29) is 23.6 Å². The van der Waals surface area contributed by atoms with E-state index in [4.69, 9.17) is 16.3 Å². The van der Waals surface area contributed by atoms with Gasteiger partial charge >= 0.3 is 0 Å². The molecule has 1 atom stereocenters. The Morgan fingerprint density at radius 3 is 2.26 bits per heavy atom. The third-order valence-corrected chi connectivity index (χ3v) is 7.00. The predicted octanol–water partition coefficient (Wildman–Crippen LogP) is 2.81. The molecule has 7 nitrogen and oxygen atoms in total. The standard InChI is InChI=1S/C23H30ClN3O4/c1-31-20-7-6-17(24)15-18(20)22(29)27-12-4-5-19(27)23(30)26-13-8-16(9-14-26)21(28)25-10-2-3-11-25/h6-7,15-16,19H,2-5,8-14H2,1H3. The highest BCUT2D eigenvalue weighted by atomic mass is 35.5. The van der Waals surface area contributed by atoms with Crippen molar-refractivity contribution in [3.63, 3.8) is 0 Å². The van der Waals surface area contributed by atoms with Gasteiger partial charge in [-0.05, 0) is 56.7 Å². The van der Waals surface area contributed by atoms with E-state index in [2.05, 4.69) is 0 Å². The molecule has 3 fully saturated rings. The summed E-state index contributed by atoms with van der Waals surface area (Å²) in [6.07, 6.45) is 5.01. The molecule has 4 rings (SSSR count). The number of nitrogens with zero attached hydrogens (tertiary/aromatic N) is 3. The number of benzene rings is 1. The second kappa shape index (κ2) is 9.47. The van der Waals surface area contributed by atoms with Crippen LogP contribution < -0.4 is 4.74 Å². The maximum atomic E-state index is 13.3. The fourth-order valence-corrected chi connectivity index (χ4v) is 5.19. The number of carbonyl (C=O) groups is 3. The van der Waals surface area contributed by atoms with Crippen LogP contribution in [0.1, 0.15) is 48.9 Å². The minimum Gasteiger partial charge on any atom is -0.496 e. The van der Waals surface area contributed by atoms with E-state index in [9.17, 15) is 14.4 Å². The first kappa shape index (κ1) is 21.9. The van der Waals surface area contributed by atoms with Crippen LogP contribution in [0.15, 0.2) is 18.2 Å². The molecular weight excluding hydrogens is 418 g/mol. The molecule has 0 aliphatic carbocycles. The van der Waals surface area contributed by atoms with Gasteiger partial charge in [0.05, 0.1) is 12.7 Å². The predicted molar refractivity (Wildman–Crippen MR) is 117 cm³/mol. The Morgan fingerprint density at radius 1 is 0.903 bits per heavy atom. The van der Waals surface area contributed by atoms with Crippen LogP contribution in [0.4, 0.5) is 0 Å². The van der Waals surface area contributed by atoms with Gasteiger partial charge in [0.1, 0.15) is 11.8 Å². The van der Waals surface area contributed by atoms with Crippen LogP contribution in [0.3, 0.4) is 0 Å². The van der Waals surface area contributed by atoms with E-state index in [1.807, 2.05) is 9.80 Å². The van der Waals surface area contributed by atoms with Crippen LogP contribution in [-0.4, -0.2) is 78.3 Å². The lowest BCUT2D eigenvalue weighted by molar-refractivity contribution is -0.141. The lowest BCUT2D eigenvalue weighted by atomic mass is 9.94. The molecule has 0 radical (unpaired) electrons. The first-order chi connectivity index (χ1) is 15.0.